The van der Waals surface area contributed by atoms with E-state index in [0.717, 1.165) is 25.1 Å². The van der Waals surface area contributed by atoms with Crippen LogP contribution in [0.15, 0.2) is 24.7 Å². The molecule has 2 saturated heterocycles. The fraction of sp³-hybridized carbons (Fsp3) is 0.500. The van der Waals surface area contributed by atoms with E-state index in [1.165, 1.54) is 0 Å². The van der Waals surface area contributed by atoms with Crippen LogP contribution in [0.1, 0.15) is 35.8 Å². The summed E-state index contributed by atoms with van der Waals surface area (Å²) in [4.78, 5) is 28.0. The van der Waals surface area contributed by atoms with E-state index < -0.39 is 0 Å². The Hall–Kier alpha value is -2.64. The minimum atomic E-state index is -0.000370. The fourth-order valence-corrected chi connectivity index (χ4v) is 3.48. The van der Waals surface area contributed by atoms with Crippen LogP contribution >= 0.6 is 0 Å². The minimum absolute atomic E-state index is 0.000370. The molecule has 0 radical (unpaired) electrons. The van der Waals surface area contributed by atoms with Crippen molar-refractivity contribution in [1.82, 2.24) is 24.5 Å². The molecule has 2 fully saturated rings. The molecule has 126 valence electrons. The van der Waals surface area contributed by atoms with Gasteiger partial charge >= 0.3 is 0 Å². The Labute approximate surface area is 139 Å². The van der Waals surface area contributed by atoms with Gasteiger partial charge in [0.2, 0.25) is 5.91 Å². The van der Waals surface area contributed by atoms with Crippen LogP contribution in [0.4, 0.5) is 5.69 Å². The molecule has 8 heteroatoms. The number of anilines is 1. The normalized spacial score (nSPS) is 21.0. The molecule has 1 atom stereocenters. The highest BCUT2D eigenvalue weighted by Gasteiger charge is 2.30. The van der Waals surface area contributed by atoms with E-state index in [-0.39, 0.29) is 17.9 Å². The first-order valence-electron chi connectivity index (χ1n) is 8.25. The summed E-state index contributed by atoms with van der Waals surface area (Å²) in [5, 5.41) is 8.47. The average molecular weight is 328 g/mol. The first-order valence-corrected chi connectivity index (χ1v) is 8.25. The molecular formula is C16H20N6O2. The Morgan fingerprint density at radius 3 is 2.88 bits per heavy atom. The molecule has 2 amide bonds. The molecule has 0 aromatic carbocycles. The Bertz CT molecular complexity index is 779. The maximum Gasteiger partial charge on any atom is 0.272 e. The summed E-state index contributed by atoms with van der Waals surface area (Å²) in [6, 6.07) is 1.88. The van der Waals surface area contributed by atoms with Crippen LogP contribution < -0.4 is 4.90 Å². The Balaban J connectivity index is 1.45. The summed E-state index contributed by atoms with van der Waals surface area (Å²) < 4.78 is 3.48. The summed E-state index contributed by atoms with van der Waals surface area (Å²) in [5.74, 6) is 0.161. The van der Waals surface area contributed by atoms with Crippen molar-refractivity contribution in [3.63, 3.8) is 0 Å². The number of carbonyl (C=O) groups is 2. The molecule has 0 N–H and O–H groups in total. The molecule has 0 bridgehead atoms. The van der Waals surface area contributed by atoms with Gasteiger partial charge in [0.1, 0.15) is 5.69 Å². The lowest BCUT2D eigenvalue weighted by Gasteiger charge is -2.17. The van der Waals surface area contributed by atoms with Crippen molar-refractivity contribution in [1.29, 1.82) is 0 Å². The van der Waals surface area contributed by atoms with Gasteiger partial charge < -0.3 is 9.80 Å². The van der Waals surface area contributed by atoms with Crippen LogP contribution in [0.5, 0.6) is 0 Å². The van der Waals surface area contributed by atoms with E-state index >= 15 is 0 Å². The van der Waals surface area contributed by atoms with Crippen LogP contribution in [0.3, 0.4) is 0 Å². The standard InChI is InChI=1S/C16H20N6O2/c1-19-14(4-6-17-19)16(24)20-8-5-12(10-20)22-11-13(9-18-22)21-7-2-3-15(21)23/h4,6,9,11-12H,2-3,5,7-8,10H2,1H3. The highest BCUT2D eigenvalue weighted by Crippen LogP contribution is 2.26. The molecular weight excluding hydrogens is 308 g/mol. The van der Waals surface area contributed by atoms with Crippen molar-refractivity contribution in [3.05, 3.63) is 30.4 Å². The van der Waals surface area contributed by atoms with Gasteiger partial charge in [-0.15, -0.1) is 0 Å². The maximum atomic E-state index is 12.5. The van der Waals surface area contributed by atoms with Crippen LogP contribution in [0.25, 0.3) is 0 Å². The Morgan fingerprint density at radius 2 is 2.17 bits per heavy atom. The molecule has 4 heterocycles. The van der Waals surface area contributed by atoms with E-state index in [1.807, 2.05) is 15.8 Å². The summed E-state index contributed by atoms with van der Waals surface area (Å²) in [6.45, 7) is 2.09. The highest BCUT2D eigenvalue weighted by molar-refractivity contribution is 5.95. The smallest absolute Gasteiger partial charge is 0.272 e. The maximum absolute atomic E-state index is 12.5. The second-order valence-electron chi connectivity index (χ2n) is 6.36. The van der Waals surface area contributed by atoms with Gasteiger partial charge in [-0.1, -0.05) is 0 Å². The topological polar surface area (TPSA) is 76.3 Å². The van der Waals surface area contributed by atoms with Gasteiger partial charge in [-0.2, -0.15) is 10.2 Å². The summed E-state index contributed by atoms with van der Waals surface area (Å²) in [7, 11) is 1.77. The van der Waals surface area contributed by atoms with Crippen LogP contribution in [0.2, 0.25) is 0 Å². The van der Waals surface area contributed by atoms with Crippen molar-refractivity contribution >= 4 is 17.5 Å². The number of nitrogens with zero attached hydrogens (tertiary/aromatic N) is 6. The van der Waals surface area contributed by atoms with E-state index in [4.69, 9.17) is 0 Å². The number of hydrogen-bond donors (Lipinski definition) is 0. The number of amides is 2. The van der Waals surface area contributed by atoms with Crippen LogP contribution in [0, 0.1) is 0 Å². The van der Waals surface area contributed by atoms with Gasteiger partial charge in [0.15, 0.2) is 0 Å². The van der Waals surface area contributed by atoms with E-state index in [2.05, 4.69) is 10.2 Å². The lowest BCUT2D eigenvalue weighted by atomic mass is 10.3. The zero-order chi connectivity index (χ0) is 16.7. The van der Waals surface area contributed by atoms with Crippen molar-refractivity contribution in [2.75, 3.05) is 24.5 Å². The van der Waals surface area contributed by atoms with Crippen molar-refractivity contribution in [2.24, 2.45) is 7.05 Å². The van der Waals surface area contributed by atoms with E-state index in [1.54, 1.807) is 35.1 Å². The Kier molecular flexibility index (Phi) is 3.59. The zero-order valence-corrected chi connectivity index (χ0v) is 13.6. The van der Waals surface area contributed by atoms with Crippen molar-refractivity contribution < 1.29 is 9.59 Å². The molecule has 2 aliphatic heterocycles. The first kappa shape index (κ1) is 14.9. The van der Waals surface area contributed by atoms with Crippen molar-refractivity contribution in [3.8, 4) is 0 Å². The third kappa shape index (κ3) is 2.47. The average Bonchev–Trinajstić information content (AvgIpc) is 3.33. The molecule has 24 heavy (non-hydrogen) atoms. The first-order chi connectivity index (χ1) is 11.6. The van der Waals surface area contributed by atoms with Gasteiger partial charge in [-0.3, -0.25) is 19.0 Å². The number of rotatable bonds is 3. The number of aromatic nitrogens is 4. The molecule has 0 spiro atoms. The van der Waals surface area contributed by atoms with Gasteiger partial charge in [0.25, 0.3) is 5.91 Å². The lowest BCUT2D eigenvalue weighted by molar-refractivity contribution is -0.117. The van der Waals surface area contributed by atoms with E-state index in [0.29, 0.717) is 25.2 Å². The predicted octanol–water partition coefficient (Wildman–Crippen LogP) is 0.831. The number of aryl methyl sites for hydroxylation is 1. The van der Waals surface area contributed by atoms with Crippen LogP contribution in [-0.4, -0.2) is 55.9 Å². The predicted molar refractivity (Wildman–Crippen MR) is 86.6 cm³/mol. The molecule has 4 rings (SSSR count). The van der Waals surface area contributed by atoms with Gasteiger partial charge in [-0.25, -0.2) is 0 Å². The molecule has 2 aromatic heterocycles. The minimum Gasteiger partial charge on any atom is -0.335 e. The third-order valence-electron chi connectivity index (χ3n) is 4.84. The van der Waals surface area contributed by atoms with Crippen LogP contribution in [-0.2, 0) is 11.8 Å². The fourth-order valence-electron chi connectivity index (χ4n) is 3.48. The number of likely N-dealkylation sites (tertiary alicyclic amines) is 1. The second-order valence-corrected chi connectivity index (χ2v) is 6.36. The third-order valence-corrected chi connectivity index (χ3v) is 4.84. The van der Waals surface area contributed by atoms with Gasteiger partial charge in [0, 0.05) is 45.5 Å². The SMILES string of the molecule is Cn1nccc1C(=O)N1CCC(n2cc(N3CCCC3=O)cn2)C1. The largest absolute Gasteiger partial charge is 0.335 e. The summed E-state index contributed by atoms with van der Waals surface area (Å²) in [6.07, 6.45) is 7.68. The number of carbonyl (C=O) groups excluding carboxylic acids is 2. The molecule has 0 aliphatic carbocycles. The molecule has 2 aromatic rings. The number of hydrogen-bond acceptors (Lipinski definition) is 4. The van der Waals surface area contributed by atoms with Crippen molar-refractivity contribution in [2.45, 2.75) is 25.3 Å². The van der Waals surface area contributed by atoms with Gasteiger partial charge in [0.05, 0.1) is 17.9 Å². The molecule has 0 saturated carbocycles. The molecule has 1 unspecified atom stereocenters. The Morgan fingerprint density at radius 1 is 1.29 bits per heavy atom. The molecule has 8 nitrogen and oxygen atoms in total. The molecule has 2 aliphatic rings. The second kappa shape index (κ2) is 5.77. The monoisotopic (exact) mass is 328 g/mol. The highest BCUT2D eigenvalue weighted by atomic mass is 16.2. The summed E-state index contributed by atoms with van der Waals surface area (Å²) >= 11 is 0. The zero-order valence-electron chi connectivity index (χ0n) is 13.6. The quantitative estimate of drug-likeness (QED) is 0.836. The van der Waals surface area contributed by atoms with E-state index in [9.17, 15) is 9.59 Å². The van der Waals surface area contributed by atoms with Gasteiger partial charge in [-0.05, 0) is 18.9 Å². The lowest BCUT2D eigenvalue weighted by Crippen LogP contribution is -2.30. The summed E-state index contributed by atoms with van der Waals surface area (Å²) in [5.41, 5.74) is 1.45.